The number of carbonyl (C=O) groups is 5. The highest BCUT2D eigenvalue weighted by Crippen LogP contribution is 2.33. The number of ether oxygens (including phenoxy) is 1. The van der Waals surface area contributed by atoms with Gasteiger partial charge in [0.1, 0.15) is 96.7 Å². The number of aromatic nitrogens is 15. The average molecular weight is 1830 g/mol. The van der Waals surface area contributed by atoms with Crippen LogP contribution in [-0.4, -0.2) is 160 Å². The zero-order chi connectivity index (χ0) is 94.7. The molecule has 12 heterocycles. The Labute approximate surface area is 780 Å². The molecular formula is C105H91F3N20O9. The van der Waals surface area contributed by atoms with Crippen molar-refractivity contribution in [2.24, 2.45) is 5.92 Å². The second-order valence-corrected chi connectivity index (χ2v) is 32.7. The zero-order valence-electron chi connectivity index (χ0n) is 74.0. The van der Waals surface area contributed by atoms with Crippen LogP contribution in [0, 0.1) is 23.4 Å². The topological polar surface area (TPSA) is 416 Å². The fourth-order valence-corrected chi connectivity index (χ4v) is 15.1. The van der Waals surface area contributed by atoms with Gasteiger partial charge in [0.15, 0.2) is 0 Å². The number of rotatable bonds is 24. The molecule has 8 aromatic carbocycles. The number of carbonyl (C=O) groups excluding carboxylic acids is 5. The van der Waals surface area contributed by atoms with E-state index in [2.05, 4.69) is 151 Å². The van der Waals surface area contributed by atoms with Crippen molar-refractivity contribution < 1.29 is 56.5 Å². The van der Waals surface area contributed by atoms with Gasteiger partial charge >= 0.3 is 0 Å². The van der Waals surface area contributed by atoms with Crippen molar-refractivity contribution in [2.75, 3.05) is 26.4 Å². The molecule has 0 spiro atoms. The second kappa shape index (κ2) is 43.1. The maximum absolute atomic E-state index is 13.3. The first-order chi connectivity index (χ1) is 66.8. The lowest BCUT2D eigenvalue weighted by Crippen LogP contribution is -2.41. The standard InChI is InChI=1S/C25H20N4O2.C22H22N4O2.C20H19FN4O2.C20H15FN4O2.C18H15FN4O/c30-15-23(17-7-2-1-3-8-17)27-25(31)21-13-20-22(14-26-21)28-29-24(20)19-11-10-16-6-4-5-9-18(16)12-19;1-13(2)20(12-27)24-22(28)18-10-17-19(11-23-18)25-26-21(17)16-8-7-14-5-3-4-6-15(14)9-16;2*21-14-4-1-3-13(11-14)6-7-16-19-17(25-24-16)8-9-18(23-19)20(26)22-12-15-5-2-10-27-15;19-12-3-1-2-11(10-12)4-7-14-17-15(23-22-14)8-9-16(21-17)18(24)20-13-5-6-13/h1-14,23,30H,15H2,(H,27,31)(H,28,29);3-11,13,20,27H,12H2,1-2H3,(H,24,28)(H,25,26);1,3-4,6-9,11,15H,2,5,10,12H2,(H,22,26)(H,24,25);1-11H,12H2,(H,22,26)(H,24,25);1-4,7-10,13H,5-6H2,(H,20,24)(H,22,23)/b;;2*7-6+;7-4+/t23-;20-;;;/m11.../s1. The van der Waals surface area contributed by atoms with E-state index >= 15 is 0 Å². The van der Waals surface area contributed by atoms with Crippen LogP contribution in [0.25, 0.3) is 135 Å². The Morgan fingerprint density at radius 3 is 1.33 bits per heavy atom. The molecule has 1 saturated heterocycles. The summed E-state index contributed by atoms with van der Waals surface area (Å²) in [5.74, 6) is -1.49. The second-order valence-electron chi connectivity index (χ2n) is 32.7. The fraction of sp³-hybridized carbons (Fsp3) is 0.152. The molecule has 2 fully saturated rings. The van der Waals surface area contributed by atoms with Gasteiger partial charge in [-0.15, -0.1) is 0 Å². The molecule has 5 amide bonds. The van der Waals surface area contributed by atoms with E-state index in [0.717, 1.165) is 126 Å². The van der Waals surface area contributed by atoms with Crippen LogP contribution in [-0.2, 0) is 11.3 Å². The molecule has 32 heteroatoms. The summed E-state index contributed by atoms with van der Waals surface area (Å²) >= 11 is 0. The molecule has 29 nitrogen and oxygen atoms in total. The van der Waals surface area contributed by atoms with E-state index in [1.54, 1.807) is 152 Å². The normalized spacial score (nSPS) is 13.4. The Balaban J connectivity index is 0.000000119. The number of amides is 5. The zero-order valence-corrected chi connectivity index (χ0v) is 74.0. The lowest BCUT2D eigenvalue weighted by molar-refractivity contribution is 0.0853. The molecule has 19 aromatic rings. The summed E-state index contributed by atoms with van der Waals surface area (Å²) < 4.78 is 50.5. The number of aliphatic hydroxyl groups excluding tert-OH is 2. The van der Waals surface area contributed by atoms with Crippen molar-refractivity contribution in [3.8, 4) is 22.5 Å². The van der Waals surface area contributed by atoms with Gasteiger partial charge in [0, 0.05) is 41.1 Å². The number of fused-ring (bicyclic) bond motifs is 7. The monoisotopic (exact) mass is 1830 g/mol. The molecule has 1 saturated carbocycles. The number of aliphatic hydroxyl groups is 2. The third-order valence-corrected chi connectivity index (χ3v) is 22.7. The number of nitrogens with zero attached hydrogens (tertiary/aromatic N) is 10. The summed E-state index contributed by atoms with van der Waals surface area (Å²) in [5.41, 5.74) is 15.2. The highest BCUT2D eigenvalue weighted by molar-refractivity contribution is 6.04. The summed E-state index contributed by atoms with van der Waals surface area (Å²) in [6.07, 6.45) is 19.4. The Morgan fingerprint density at radius 2 is 0.891 bits per heavy atom. The van der Waals surface area contributed by atoms with Crippen LogP contribution in [0.15, 0.2) is 272 Å². The number of furan rings is 1. The summed E-state index contributed by atoms with van der Waals surface area (Å²) in [6.45, 7) is 5.10. The molecular weight excluding hydrogens is 1740 g/mol. The van der Waals surface area contributed by atoms with Gasteiger partial charge in [-0.1, -0.05) is 172 Å². The van der Waals surface area contributed by atoms with Gasteiger partial charge in [0.05, 0.1) is 84.2 Å². The van der Waals surface area contributed by atoms with Crippen LogP contribution >= 0.6 is 0 Å². The average Bonchev–Trinajstić information content (AvgIpc) is 1.64. The third kappa shape index (κ3) is 23.2. The van der Waals surface area contributed by atoms with Gasteiger partial charge in [-0.3, -0.25) is 49.5 Å². The van der Waals surface area contributed by atoms with E-state index in [1.165, 1.54) is 36.4 Å². The van der Waals surface area contributed by atoms with Gasteiger partial charge in [0.2, 0.25) is 0 Å². The summed E-state index contributed by atoms with van der Waals surface area (Å²) in [6, 6.07) is 73.6. The summed E-state index contributed by atoms with van der Waals surface area (Å²) in [5, 5.41) is 75.8. The van der Waals surface area contributed by atoms with Crippen LogP contribution in [0.2, 0.25) is 0 Å². The summed E-state index contributed by atoms with van der Waals surface area (Å²) in [4.78, 5) is 84.1. The highest BCUT2D eigenvalue weighted by atomic mass is 19.1. The van der Waals surface area contributed by atoms with Crippen LogP contribution in [0.5, 0.6) is 0 Å². The number of hydrogen-bond acceptors (Lipinski definition) is 19. The van der Waals surface area contributed by atoms with E-state index in [0.29, 0.717) is 74.1 Å². The third-order valence-electron chi connectivity index (χ3n) is 22.7. The Kier molecular flexibility index (Phi) is 28.9. The number of aromatic amines is 5. The minimum atomic E-state index is -0.504. The van der Waals surface area contributed by atoms with Gasteiger partial charge in [-0.25, -0.2) is 38.1 Å². The number of nitrogens with one attached hydrogen (secondary N) is 10. The van der Waals surface area contributed by atoms with Crippen LogP contribution < -0.4 is 26.6 Å². The first-order valence-electron chi connectivity index (χ1n) is 44.3. The molecule has 0 bridgehead atoms. The Morgan fingerprint density at radius 1 is 0.431 bits per heavy atom. The number of benzene rings is 8. The molecule has 137 heavy (non-hydrogen) atoms. The van der Waals surface area contributed by atoms with E-state index < -0.39 is 6.04 Å². The molecule has 21 rings (SSSR count). The van der Waals surface area contributed by atoms with Crippen LogP contribution in [0.3, 0.4) is 0 Å². The highest BCUT2D eigenvalue weighted by Gasteiger charge is 2.27. The molecule has 3 atom stereocenters. The molecule has 1 aliphatic heterocycles. The first-order valence-corrected chi connectivity index (χ1v) is 44.3. The Bertz CT molecular complexity index is 7650. The lowest BCUT2D eigenvalue weighted by atomic mass is 10.0. The predicted molar refractivity (Wildman–Crippen MR) is 520 cm³/mol. The first kappa shape index (κ1) is 91.8. The molecule has 2 aliphatic rings. The van der Waals surface area contributed by atoms with Crippen molar-refractivity contribution in [2.45, 2.75) is 70.3 Å². The maximum Gasteiger partial charge on any atom is 0.270 e. The molecule has 0 radical (unpaired) electrons. The minimum Gasteiger partial charge on any atom is -0.467 e. The lowest BCUT2D eigenvalue weighted by Gasteiger charge is -2.19. The largest absolute Gasteiger partial charge is 0.467 e. The SMILES string of the molecule is CC(C)[C@@H](CO)NC(=O)c1cc2c(-c3ccc4ccccc4c3)n[nH]c2cn1.O=C(NC1CC1)c1ccc2[nH]nc(/C=C/c3cccc(F)c3)c2n1.O=C(NCC1CCCO1)c1ccc2[nH]nc(/C=C/c3cccc(F)c3)c2n1.O=C(NCc1ccco1)c1ccc2[nH]nc(/C=C/c3cccc(F)c3)c2n1.O=C(N[C@H](CO)c1ccccc1)c1cc2c(-c3ccc4ccccc4c3)n[nH]c2cn1. The Hall–Kier alpha value is -17.1. The molecule has 1 aliphatic carbocycles. The van der Waals surface area contributed by atoms with Crippen molar-refractivity contribution in [3.63, 3.8) is 0 Å². The number of H-pyrrole nitrogens is 5. The van der Waals surface area contributed by atoms with Crippen LogP contribution in [0.1, 0.15) is 143 Å². The smallest absolute Gasteiger partial charge is 0.270 e. The molecule has 11 aromatic heterocycles. The maximum atomic E-state index is 13.3. The van der Waals surface area contributed by atoms with E-state index in [1.807, 2.05) is 80.6 Å². The van der Waals surface area contributed by atoms with Gasteiger partial charge in [-0.05, 0) is 203 Å². The molecule has 12 N–H and O–H groups in total. The van der Waals surface area contributed by atoms with E-state index in [-0.39, 0.29) is 102 Å². The van der Waals surface area contributed by atoms with Crippen molar-refractivity contribution in [3.05, 3.63) is 358 Å². The van der Waals surface area contributed by atoms with Gasteiger partial charge < -0.3 is 46.0 Å². The number of hydrogen-bond donors (Lipinski definition) is 12. The van der Waals surface area contributed by atoms with E-state index in [9.17, 15) is 47.4 Å². The van der Waals surface area contributed by atoms with Gasteiger partial charge in [0.25, 0.3) is 29.5 Å². The van der Waals surface area contributed by atoms with Crippen LogP contribution in [0.4, 0.5) is 13.2 Å². The van der Waals surface area contributed by atoms with Crippen molar-refractivity contribution in [1.82, 2.24) is 102 Å². The summed E-state index contributed by atoms with van der Waals surface area (Å²) in [7, 11) is 0. The molecule has 1 unspecified atom stereocenters. The predicted octanol–water partition coefficient (Wildman–Crippen LogP) is 17.9. The van der Waals surface area contributed by atoms with Gasteiger partial charge in [-0.2, -0.15) is 25.5 Å². The number of pyridine rings is 5. The number of halogens is 3. The van der Waals surface area contributed by atoms with Crippen molar-refractivity contribution in [1.29, 1.82) is 0 Å². The minimum absolute atomic E-state index is 0.0800. The van der Waals surface area contributed by atoms with E-state index in [4.69, 9.17) is 9.15 Å². The quantitative estimate of drug-likeness (QED) is 0.0267. The van der Waals surface area contributed by atoms with Crippen molar-refractivity contribution >= 4 is 142 Å². The molecule has 686 valence electrons. The fourth-order valence-electron chi connectivity index (χ4n) is 15.1.